The molecule has 0 saturated carbocycles. The van der Waals surface area contributed by atoms with E-state index in [1.165, 1.54) is 0 Å². The molecule has 25 heavy (non-hydrogen) atoms. The van der Waals surface area contributed by atoms with E-state index in [1.54, 1.807) is 25.4 Å². The fraction of sp³-hybridized carbons (Fsp3) is 0.222. The lowest BCUT2D eigenvalue weighted by molar-refractivity contribution is 0.0519. The molecule has 126 valence electrons. The molecule has 1 N–H and O–H groups in total. The SMILES string of the molecule is CCOC(=O)c1cc2[nH]c3cc(-c4c(C)noc4C)cnc3c2cn1. The molecular weight excluding hydrogens is 320 g/mol. The van der Waals surface area contributed by atoms with E-state index in [1.807, 2.05) is 19.9 Å². The largest absolute Gasteiger partial charge is 0.461 e. The van der Waals surface area contributed by atoms with Gasteiger partial charge in [0.05, 0.1) is 28.9 Å². The summed E-state index contributed by atoms with van der Waals surface area (Å²) in [4.78, 5) is 23.9. The van der Waals surface area contributed by atoms with Gasteiger partial charge in [-0.25, -0.2) is 9.78 Å². The van der Waals surface area contributed by atoms with E-state index in [2.05, 4.69) is 20.1 Å². The summed E-state index contributed by atoms with van der Waals surface area (Å²) < 4.78 is 10.2. The quantitative estimate of drug-likeness (QED) is 0.575. The van der Waals surface area contributed by atoms with E-state index < -0.39 is 5.97 Å². The maximum absolute atomic E-state index is 11.9. The highest BCUT2D eigenvalue weighted by molar-refractivity contribution is 6.06. The number of carbonyl (C=O) groups is 1. The van der Waals surface area contributed by atoms with Crippen molar-refractivity contribution in [1.82, 2.24) is 20.1 Å². The monoisotopic (exact) mass is 336 g/mol. The minimum atomic E-state index is -0.438. The molecule has 7 nitrogen and oxygen atoms in total. The molecule has 7 heteroatoms. The molecule has 4 rings (SSSR count). The van der Waals surface area contributed by atoms with Crippen molar-refractivity contribution in [1.29, 1.82) is 0 Å². The van der Waals surface area contributed by atoms with E-state index in [0.29, 0.717) is 6.61 Å². The van der Waals surface area contributed by atoms with Crippen LogP contribution in [0.5, 0.6) is 0 Å². The second-order valence-corrected chi connectivity index (χ2v) is 5.78. The first-order valence-electron chi connectivity index (χ1n) is 7.96. The molecule has 4 heterocycles. The number of ether oxygens (including phenoxy) is 1. The topological polar surface area (TPSA) is 93.9 Å². The highest BCUT2D eigenvalue weighted by atomic mass is 16.5. The van der Waals surface area contributed by atoms with Crippen molar-refractivity contribution in [3.05, 3.63) is 41.7 Å². The summed E-state index contributed by atoms with van der Waals surface area (Å²) in [7, 11) is 0. The average molecular weight is 336 g/mol. The van der Waals surface area contributed by atoms with Crippen LogP contribution in [0, 0.1) is 13.8 Å². The minimum absolute atomic E-state index is 0.270. The third kappa shape index (κ3) is 2.44. The highest BCUT2D eigenvalue weighted by Gasteiger charge is 2.16. The van der Waals surface area contributed by atoms with E-state index in [9.17, 15) is 4.79 Å². The van der Waals surface area contributed by atoms with Gasteiger partial charge in [0.25, 0.3) is 0 Å². The number of aromatic nitrogens is 4. The predicted molar refractivity (Wildman–Crippen MR) is 92.3 cm³/mol. The van der Waals surface area contributed by atoms with Crippen molar-refractivity contribution in [2.45, 2.75) is 20.8 Å². The van der Waals surface area contributed by atoms with Gasteiger partial charge < -0.3 is 14.2 Å². The Balaban J connectivity index is 1.86. The van der Waals surface area contributed by atoms with Crippen LogP contribution in [0.25, 0.3) is 33.1 Å². The van der Waals surface area contributed by atoms with Gasteiger partial charge in [-0.3, -0.25) is 4.98 Å². The van der Waals surface area contributed by atoms with Gasteiger partial charge in [0, 0.05) is 28.9 Å². The Morgan fingerprint density at radius 2 is 2.04 bits per heavy atom. The molecule has 4 aromatic rings. The summed E-state index contributed by atoms with van der Waals surface area (Å²) in [6.45, 7) is 5.85. The molecular formula is C18H16N4O3. The van der Waals surface area contributed by atoms with Crippen molar-refractivity contribution >= 4 is 27.9 Å². The van der Waals surface area contributed by atoms with E-state index in [0.717, 1.165) is 44.5 Å². The summed E-state index contributed by atoms with van der Waals surface area (Å²) in [6.07, 6.45) is 3.43. The van der Waals surface area contributed by atoms with Gasteiger partial charge in [-0.1, -0.05) is 5.16 Å². The maximum Gasteiger partial charge on any atom is 0.356 e. The number of aryl methyl sites for hydroxylation is 2. The number of aromatic amines is 1. The molecule has 0 fully saturated rings. The van der Waals surface area contributed by atoms with Gasteiger partial charge in [-0.05, 0) is 32.9 Å². The van der Waals surface area contributed by atoms with Crippen molar-refractivity contribution in [3.8, 4) is 11.1 Å². The fourth-order valence-corrected chi connectivity index (χ4v) is 3.02. The second-order valence-electron chi connectivity index (χ2n) is 5.78. The number of carbonyl (C=O) groups excluding carboxylic acids is 1. The molecule has 0 aliphatic rings. The molecule has 0 unspecified atom stereocenters. The molecule has 0 amide bonds. The van der Waals surface area contributed by atoms with Crippen LogP contribution < -0.4 is 0 Å². The summed E-state index contributed by atoms with van der Waals surface area (Å²) in [5.41, 5.74) is 5.40. The third-order valence-corrected chi connectivity index (χ3v) is 4.12. The Morgan fingerprint density at radius 1 is 1.20 bits per heavy atom. The zero-order valence-corrected chi connectivity index (χ0v) is 14.1. The molecule has 0 bridgehead atoms. The number of hydrogen-bond donors (Lipinski definition) is 1. The Hall–Kier alpha value is -3.22. The van der Waals surface area contributed by atoms with Crippen LogP contribution in [0.3, 0.4) is 0 Å². The molecule has 0 atom stereocenters. The van der Waals surface area contributed by atoms with Crippen molar-refractivity contribution in [2.24, 2.45) is 0 Å². The number of fused-ring (bicyclic) bond motifs is 3. The Labute approximate surface area is 143 Å². The first kappa shape index (κ1) is 15.3. The van der Waals surface area contributed by atoms with Crippen LogP contribution >= 0.6 is 0 Å². The van der Waals surface area contributed by atoms with Crippen molar-refractivity contribution in [2.75, 3.05) is 6.61 Å². The molecule has 0 spiro atoms. The van der Waals surface area contributed by atoms with E-state index in [-0.39, 0.29) is 5.69 Å². The van der Waals surface area contributed by atoms with Gasteiger partial charge in [0.1, 0.15) is 11.5 Å². The van der Waals surface area contributed by atoms with Crippen LogP contribution in [0.4, 0.5) is 0 Å². The van der Waals surface area contributed by atoms with Gasteiger partial charge in [-0.15, -0.1) is 0 Å². The summed E-state index contributed by atoms with van der Waals surface area (Å²) >= 11 is 0. The number of rotatable bonds is 3. The van der Waals surface area contributed by atoms with Gasteiger partial charge in [0.2, 0.25) is 0 Å². The number of esters is 1. The van der Waals surface area contributed by atoms with Gasteiger partial charge in [0.15, 0.2) is 0 Å². The molecule has 0 aliphatic heterocycles. The summed E-state index contributed by atoms with van der Waals surface area (Å²) in [6, 6.07) is 3.68. The number of pyridine rings is 2. The van der Waals surface area contributed by atoms with Gasteiger partial charge in [-0.2, -0.15) is 0 Å². The predicted octanol–water partition coefficient (Wildman–Crippen LogP) is 3.56. The van der Waals surface area contributed by atoms with Crippen LogP contribution in [-0.4, -0.2) is 32.7 Å². The first-order chi connectivity index (χ1) is 12.1. The maximum atomic E-state index is 11.9. The first-order valence-corrected chi connectivity index (χ1v) is 7.96. The summed E-state index contributed by atoms with van der Waals surface area (Å²) in [5, 5.41) is 4.84. The lowest BCUT2D eigenvalue weighted by Gasteiger charge is -2.00. The second kappa shape index (κ2) is 5.70. The smallest absolute Gasteiger partial charge is 0.356 e. The molecule has 0 aromatic carbocycles. The Bertz CT molecular complexity index is 1090. The average Bonchev–Trinajstić information content (AvgIpc) is 3.13. The molecule has 0 saturated heterocycles. The van der Waals surface area contributed by atoms with Crippen LogP contribution in [0.1, 0.15) is 28.9 Å². The standard InChI is InChI=1S/C18H16N4O3/c1-4-24-18(23)15-6-13-12(8-19-15)17-14(21-13)5-11(7-20-17)16-9(2)22-25-10(16)3/h5-8,21H,4H2,1-3H3. The van der Waals surface area contributed by atoms with Crippen molar-refractivity contribution < 1.29 is 14.1 Å². The minimum Gasteiger partial charge on any atom is -0.461 e. The highest BCUT2D eigenvalue weighted by Crippen LogP contribution is 2.30. The van der Waals surface area contributed by atoms with E-state index >= 15 is 0 Å². The van der Waals surface area contributed by atoms with Crippen LogP contribution in [-0.2, 0) is 4.74 Å². The fourth-order valence-electron chi connectivity index (χ4n) is 3.02. The number of nitrogens with one attached hydrogen (secondary N) is 1. The molecule has 0 aliphatic carbocycles. The Kier molecular flexibility index (Phi) is 3.49. The lowest BCUT2D eigenvalue weighted by atomic mass is 10.1. The van der Waals surface area contributed by atoms with Gasteiger partial charge >= 0.3 is 5.97 Å². The third-order valence-electron chi connectivity index (χ3n) is 4.12. The van der Waals surface area contributed by atoms with Crippen LogP contribution in [0.2, 0.25) is 0 Å². The normalized spacial score (nSPS) is 11.3. The molecule has 0 radical (unpaired) electrons. The zero-order valence-electron chi connectivity index (χ0n) is 14.1. The number of nitrogens with zero attached hydrogens (tertiary/aromatic N) is 3. The van der Waals surface area contributed by atoms with E-state index in [4.69, 9.17) is 9.26 Å². The molecule has 4 aromatic heterocycles. The lowest BCUT2D eigenvalue weighted by Crippen LogP contribution is -2.06. The zero-order chi connectivity index (χ0) is 17.6. The number of H-pyrrole nitrogens is 1. The number of hydrogen-bond acceptors (Lipinski definition) is 6. The van der Waals surface area contributed by atoms with Crippen molar-refractivity contribution in [3.63, 3.8) is 0 Å². The van der Waals surface area contributed by atoms with Crippen LogP contribution in [0.15, 0.2) is 29.0 Å². The Morgan fingerprint density at radius 3 is 2.76 bits per heavy atom. The summed E-state index contributed by atoms with van der Waals surface area (Å²) in [5.74, 6) is 0.313.